The van der Waals surface area contributed by atoms with Crippen molar-refractivity contribution in [2.45, 2.75) is 17.1 Å². The molecule has 0 radical (unpaired) electrons. The second-order valence-electron chi connectivity index (χ2n) is 5.32. The van der Waals surface area contributed by atoms with E-state index in [2.05, 4.69) is 5.32 Å². The molecule has 0 aliphatic carbocycles. The van der Waals surface area contributed by atoms with Gasteiger partial charge in [0, 0.05) is 11.0 Å². The van der Waals surface area contributed by atoms with Gasteiger partial charge in [-0.3, -0.25) is 14.5 Å². The summed E-state index contributed by atoms with van der Waals surface area (Å²) in [6.45, 7) is 1.54. The second kappa shape index (κ2) is 6.60. The van der Waals surface area contributed by atoms with E-state index in [1.807, 2.05) is 0 Å². The predicted octanol–water partition coefficient (Wildman–Crippen LogP) is 3.43. The summed E-state index contributed by atoms with van der Waals surface area (Å²) in [4.78, 5) is 26.1. The van der Waals surface area contributed by atoms with Gasteiger partial charge in [-0.05, 0) is 31.2 Å². The number of rotatable bonds is 3. The van der Waals surface area contributed by atoms with Crippen LogP contribution in [0.1, 0.15) is 6.92 Å². The van der Waals surface area contributed by atoms with E-state index >= 15 is 0 Å². The molecule has 124 valence electrons. The minimum atomic E-state index is -0.712. The van der Waals surface area contributed by atoms with Crippen molar-refractivity contribution in [3.05, 3.63) is 54.1 Å². The maximum absolute atomic E-state index is 13.8. The van der Waals surface area contributed by atoms with Crippen LogP contribution in [0, 0.1) is 11.6 Å². The molecule has 0 unspecified atom stereocenters. The number of anilines is 2. The van der Waals surface area contributed by atoms with Gasteiger partial charge in [-0.25, -0.2) is 8.78 Å². The highest BCUT2D eigenvalue weighted by Gasteiger charge is 2.30. The molecule has 0 bridgehead atoms. The summed E-state index contributed by atoms with van der Waals surface area (Å²) in [6.07, 6.45) is 0. The maximum atomic E-state index is 13.8. The zero-order valence-electron chi connectivity index (χ0n) is 12.8. The van der Waals surface area contributed by atoms with Crippen molar-refractivity contribution < 1.29 is 18.4 Å². The van der Waals surface area contributed by atoms with Crippen molar-refractivity contribution in [1.29, 1.82) is 0 Å². The molecule has 0 saturated carbocycles. The number of halogens is 2. The molecule has 2 aromatic rings. The lowest BCUT2D eigenvalue weighted by atomic mass is 10.2. The molecule has 0 aromatic heterocycles. The number of hydrogen-bond donors (Lipinski definition) is 1. The normalized spacial score (nSPS) is 14.8. The fourth-order valence-corrected chi connectivity index (χ4v) is 3.39. The van der Waals surface area contributed by atoms with E-state index in [-0.39, 0.29) is 23.3 Å². The van der Waals surface area contributed by atoms with Crippen molar-refractivity contribution in [2.75, 3.05) is 16.8 Å². The first-order valence-electron chi connectivity index (χ1n) is 7.27. The SMILES string of the molecule is C[C@H](Sc1ccc(F)cc1F)C(=O)N1CC(=O)Nc2ccccc21. The molecule has 1 atom stereocenters. The molecule has 0 spiro atoms. The number of nitrogens with zero attached hydrogens (tertiary/aromatic N) is 1. The van der Waals surface area contributed by atoms with Gasteiger partial charge in [0.15, 0.2) is 0 Å². The Kier molecular flexibility index (Phi) is 4.53. The first-order chi connectivity index (χ1) is 11.5. The molecule has 0 fully saturated rings. The van der Waals surface area contributed by atoms with Gasteiger partial charge in [0.05, 0.1) is 16.6 Å². The van der Waals surface area contributed by atoms with Gasteiger partial charge in [-0.1, -0.05) is 12.1 Å². The average Bonchev–Trinajstić information content (AvgIpc) is 2.55. The number of hydrogen-bond acceptors (Lipinski definition) is 3. The van der Waals surface area contributed by atoms with Crippen molar-refractivity contribution in [3.63, 3.8) is 0 Å². The van der Waals surface area contributed by atoms with Gasteiger partial charge in [-0.15, -0.1) is 11.8 Å². The van der Waals surface area contributed by atoms with Crippen molar-refractivity contribution in [3.8, 4) is 0 Å². The predicted molar refractivity (Wildman–Crippen MR) is 89.1 cm³/mol. The third-order valence-corrected chi connectivity index (χ3v) is 4.72. The number of amides is 2. The highest BCUT2D eigenvalue weighted by molar-refractivity contribution is 8.00. The zero-order valence-corrected chi connectivity index (χ0v) is 13.6. The number of para-hydroxylation sites is 2. The summed E-state index contributed by atoms with van der Waals surface area (Å²) in [5, 5.41) is 2.07. The largest absolute Gasteiger partial charge is 0.323 e. The van der Waals surface area contributed by atoms with Crippen molar-refractivity contribution in [2.24, 2.45) is 0 Å². The Morgan fingerprint density at radius 2 is 2.00 bits per heavy atom. The van der Waals surface area contributed by atoms with Crippen LogP contribution in [-0.2, 0) is 9.59 Å². The van der Waals surface area contributed by atoms with Crippen LogP contribution < -0.4 is 10.2 Å². The zero-order chi connectivity index (χ0) is 17.3. The van der Waals surface area contributed by atoms with Crippen LogP contribution in [0.3, 0.4) is 0 Å². The third kappa shape index (κ3) is 3.26. The minimum Gasteiger partial charge on any atom is -0.323 e. The molecular formula is C17H14F2N2O2S. The molecule has 3 rings (SSSR count). The summed E-state index contributed by atoms with van der Waals surface area (Å²) in [5.41, 5.74) is 1.17. The van der Waals surface area contributed by atoms with E-state index in [9.17, 15) is 18.4 Å². The molecule has 1 aliphatic heterocycles. The van der Waals surface area contributed by atoms with E-state index in [1.54, 1.807) is 31.2 Å². The van der Waals surface area contributed by atoms with E-state index in [0.717, 1.165) is 23.9 Å². The molecule has 24 heavy (non-hydrogen) atoms. The van der Waals surface area contributed by atoms with Gasteiger partial charge in [0.25, 0.3) is 0 Å². The first kappa shape index (κ1) is 16.4. The number of benzene rings is 2. The Balaban J connectivity index is 1.82. The number of fused-ring (bicyclic) bond motifs is 1. The molecule has 1 aliphatic rings. The summed E-state index contributed by atoms with van der Waals surface area (Å²) in [7, 11) is 0. The Morgan fingerprint density at radius 1 is 1.25 bits per heavy atom. The van der Waals surface area contributed by atoms with Crippen LogP contribution in [0.4, 0.5) is 20.2 Å². The topological polar surface area (TPSA) is 49.4 Å². The van der Waals surface area contributed by atoms with E-state index in [4.69, 9.17) is 0 Å². The summed E-state index contributed by atoms with van der Waals surface area (Å²) < 4.78 is 26.7. The molecule has 7 heteroatoms. The summed E-state index contributed by atoms with van der Waals surface area (Å²) in [6, 6.07) is 10.2. The maximum Gasteiger partial charge on any atom is 0.244 e. The molecule has 2 amide bonds. The van der Waals surface area contributed by atoms with Crippen molar-refractivity contribution >= 4 is 35.0 Å². The van der Waals surface area contributed by atoms with Gasteiger partial charge < -0.3 is 5.32 Å². The molecule has 1 N–H and O–H groups in total. The van der Waals surface area contributed by atoms with Crippen LogP contribution in [-0.4, -0.2) is 23.6 Å². The quantitative estimate of drug-likeness (QED) is 0.865. The lowest BCUT2D eigenvalue weighted by molar-refractivity contribution is -0.121. The Labute approximate surface area is 141 Å². The molecule has 4 nitrogen and oxygen atoms in total. The Morgan fingerprint density at radius 3 is 2.75 bits per heavy atom. The lowest BCUT2D eigenvalue weighted by Gasteiger charge is -2.30. The second-order valence-corrected chi connectivity index (χ2v) is 6.71. The van der Waals surface area contributed by atoms with Gasteiger partial charge >= 0.3 is 0 Å². The summed E-state index contributed by atoms with van der Waals surface area (Å²) >= 11 is 0.992. The third-order valence-electron chi connectivity index (χ3n) is 3.58. The van der Waals surface area contributed by atoms with Gasteiger partial charge in [-0.2, -0.15) is 0 Å². The van der Waals surface area contributed by atoms with Crippen LogP contribution in [0.25, 0.3) is 0 Å². The lowest BCUT2D eigenvalue weighted by Crippen LogP contribution is -2.45. The van der Waals surface area contributed by atoms with Crippen LogP contribution >= 0.6 is 11.8 Å². The number of nitrogens with one attached hydrogen (secondary N) is 1. The number of carbonyl (C=O) groups excluding carboxylic acids is 2. The van der Waals surface area contributed by atoms with E-state index in [0.29, 0.717) is 11.4 Å². The molecule has 1 heterocycles. The number of thioether (sulfide) groups is 1. The monoisotopic (exact) mass is 348 g/mol. The van der Waals surface area contributed by atoms with E-state index in [1.165, 1.54) is 11.0 Å². The highest BCUT2D eigenvalue weighted by atomic mass is 32.2. The molecule has 0 saturated heterocycles. The van der Waals surface area contributed by atoms with Gasteiger partial charge in [0.2, 0.25) is 11.8 Å². The number of carbonyl (C=O) groups is 2. The average molecular weight is 348 g/mol. The fraction of sp³-hybridized carbons (Fsp3) is 0.176. The van der Waals surface area contributed by atoms with Gasteiger partial charge in [0.1, 0.15) is 18.2 Å². The highest BCUT2D eigenvalue weighted by Crippen LogP contribution is 2.33. The van der Waals surface area contributed by atoms with Crippen LogP contribution in [0.5, 0.6) is 0 Å². The molecular weight excluding hydrogens is 334 g/mol. The standard InChI is InChI=1S/C17H14F2N2O2S/c1-10(24-15-7-6-11(18)8-12(15)19)17(23)21-9-16(22)20-13-4-2-3-5-14(13)21/h2-8,10H,9H2,1H3,(H,20,22)/t10-/m0/s1. The fourth-order valence-electron chi connectivity index (χ4n) is 2.46. The van der Waals surface area contributed by atoms with Crippen LogP contribution in [0.15, 0.2) is 47.4 Å². The minimum absolute atomic E-state index is 0.0906. The smallest absolute Gasteiger partial charge is 0.244 e. The molecule has 2 aromatic carbocycles. The first-order valence-corrected chi connectivity index (χ1v) is 8.15. The summed E-state index contributed by atoms with van der Waals surface area (Å²) in [5.74, 6) is -1.98. The van der Waals surface area contributed by atoms with Crippen LogP contribution in [0.2, 0.25) is 0 Å². The van der Waals surface area contributed by atoms with E-state index < -0.39 is 16.9 Å². The Bertz CT molecular complexity index is 813. The van der Waals surface area contributed by atoms with Crippen molar-refractivity contribution in [1.82, 2.24) is 0 Å². The Hall–Kier alpha value is -2.41.